The molecule has 2 rings (SSSR count). The molecule has 0 aliphatic rings. The molecular weight excluding hydrogens is 366 g/mol. The van der Waals surface area contributed by atoms with Crippen LogP contribution < -0.4 is 14.9 Å². The van der Waals surface area contributed by atoms with Crippen LogP contribution in [0.2, 0.25) is 5.02 Å². The van der Waals surface area contributed by atoms with E-state index < -0.39 is 10.9 Å². The molecule has 0 heterocycles. The fourth-order valence-corrected chi connectivity index (χ4v) is 2.22. The summed E-state index contributed by atoms with van der Waals surface area (Å²) in [7, 11) is 2.77. The van der Waals surface area contributed by atoms with Crippen molar-refractivity contribution < 1.29 is 24.3 Å². The Bertz CT molecular complexity index is 885. The van der Waals surface area contributed by atoms with Gasteiger partial charge in [0, 0.05) is 0 Å². The largest absolute Gasteiger partial charge is 0.493 e. The minimum atomic E-state index is -1.12. The van der Waals surface area contributed by atoms with Gasteiger partial charge in [0.15, 0.2) is 11.5 Å². The lowest BCUT2D eigenvalue weighted by molar-refractivity contribution is -0.385. The van der Waals surface area contributed by atoms with Gasteiger partial charge in [-0.3, -0.25) is 15.5 Å². The quantitative estimate of drug-likeness (QED) is 0.429. The number of nitrogens with zero attached hydrogens (tertiary/aromatic N) is 2. The summed E-state index contributed by atoms with van der Waals surface area (Å²) in [6.45, 7) is 0. The number of anilines is 1. The monoisotopic (exact) mass is 379 g/mol. The Morgan fingerprint density at radius 2 is 1.92 bits per heavy atom. The summed E-state index contributed by atoms with van der Waals surface area (Å²) in [4.78, 5) is 21.7. The Balaban J connectivity index is 2.34. The van der Waals surface area contributed by atoms with E-state index in [-0.39, 0.29) is 33.3 Å². The van der Waals surface area contributed by atoms with Crippen molar-refractivity contribution in [2.75, 3.05) is 19.6 Å². The third-order valence-electron chi connectivity index (χ3n) is 3.33. The lowest BCUT2D eigenvalue weighted by atomic mass is 10.1. The summed E-state index contributed by atoms with van der Waals surface area (Å²) in [5.41, 5.74) is 2.75. The minimum Gasteiger partial charge on any atom is -0.493 e. The molecule has 10 heteroatoms. The Morgan fingerprint density at radius 3 is 2.50 bits per heavy atom. The van der Waals surface area contributed by atoms with Crippen molar-refractivity contribution in [2.24, 2.45) is 5.10 Å². The highest BCUT2D eigenvalue weighted by atomic mass is 35.5. The van der Waals surface area contributed by atoms with Crippen molar-refractivity contribution in [1.82, 2.24) is 0 Å². The van der Waals surface area contributed by atoms with Crippen LogP contribution in [0.1, 0.15) is 15.9 Å². The number of hydrogen-bond acceptors (Lipinski definition) is 7. The van der Waals surface area contributed by atoms with Gasteiger partial charge >= 0.3 is 5.97 Å². The van der Waals surface area contributed by atoms with E-state index in [9.17, 15) is 14.9 Å². The Labute approximate surface area is 153 Å². The number of benzene rings is 2. The summed E-state index contributed by atoms with van der Waals surface area (Å²) < 4.78 is 10.2. The molecule has 9 nitrogen and oxygen atoms in total. The van der Waals surface area contributed by atoms with Crippen LogP contribution in [-0.4, -0.2) is 36.4 Å². The van der Waals surface area contributed by atoms with Gasteiger partial charge < -0.3 is 14.6 Å². The number of ether oxygens (including phenoxy) is 2. The number of methoxy groups -OCH3 is 2. The SMILES string of the molecule is COc1cc(/C=N\Nc2cc(C(=O)O)ccc2Cl)c([N+](=O)[O-])cc1OC. The van der Waals surface area contributed by atoms with Crippen LogP contribution >= 0.6 is 11.6 Å². The Hall–Kier alpha value is -3.33. The molecule has 0 amide bonds. The first-order valence-corrected chi connectivity index (χ1v) is 7.47. The van der Waals surface area contributed by atoms with E-state index in [0.717, 1.165) is 0 Å². The second-order valence-corrected chi connectivity index (χ2v) is 5.30. The van der Waals surface area contributed by atoms with Gasteiger partial charge in [0.2, 0.25) is 0 Å². The summed E-state index contributed by atoms with van der Waals surface area (Å²) in [6.07, 6.45) is 1.20. The predicted octanol–water partition coefficient (Wildman–Crippen LogP) is 3.41. The van der Waals surface area contributed by atoms with Crippen LogP contribution in [0.15, 0.2) is 35.4 Å². The third kappa shape index (κ3) is 4.19. The van der Waals surface area contributed by atoms with Crippen LogP contribution in [0.5, 0.6) is 11.5 Å². The molecule has 136 valence electrons. The van der Waals surface area contributed by atoms with Gasteiger partial charge in [0.25, 0.3) is 5.69 Å². The molecule has 2 aromatic rings. The first kappa shape index (κ1) is 19.0. The molecule has 0 atom stereocenters. The Kier molecular flexibility index (Phi) is 5.97. The highest BCUT2D eigenvalue weighted by Gasteiger charge is 2.18. The maximum Gasteiger partial charge on any atom is 0.335 e. The minimum absolute atomic E-state index is 0.0178. The molecule has 0 aliphatic heterocycles. The molecule has 0 fully saturated rings. The maximum atomic E-state index is 11.2. The zero-order valence-corrected chi connectivity index (χ0v) is 14.5. The lowest BCUT2D eigenvalue weighted by Gasteiger charge is -2.09. The highest BCUT2D eigenvalue weighted by molar-refractivity contribution is 6.33. The molecule has 26 heavy (non-hydrogen) atoms. The van der Waals surface area contributed by atoms with Gasteiger partial charge in [-0.1, -0.05) is 11.6 Å². The number of nitrogens with one attached hydrogen (secondary N) is 1. The van der Waals surface area contributed by atoms with E-state index in [0.29, 0.717) is 5.75 Å². The molecule has 0 saturated heterocycles. The van der Waals surface area contributed by atoms with Gasteiger partial charge in [-0.2, -0.15) is 5.10 Å². The number of halogens is 1. The number of carboxylic acids is 1. The molecule has 2 aromatic carbocycles. The third-order valence-corrected chi connectivity index (χ3v) is 3.66. The van der Waals surface area contributed by atoms with E-state index in [4.69, 9.17) is 26.2 Å². The number of carboxylic acid groups (broad SMARTS) is 1. The number of hydrogen-bond donors (Lipinski definition) is 2. The number of nitro benzene ring substituents is 1. The van der Waals surface area contributed by atoms with Crippen LogP contribution in [0.4, 0.5) is 11.4 Å². The summed E-state index contributed by atoms with van der Waals surface area (Å²) >= 11 is 5.98. The smallest absolute Gasteiger partial charge is 0.335 e. The van der Waals surface area contributed by atoms with Crippen molar-refractivity contribution in [1.29, 1.82) is 0 Å². The standard InChI is InChI=1S/C16H14ClN3O6/c1-25-14-6-10(13(20(23)24)7-15(14)26-2)8-18-19-12-5-9(16(21)22)3-4-11(12)17/h3-8,19H,1-2H3,(H,21,22)/b18-8-. The van der Waals surface area contributed by atoms with Crippen LogP contribution in [0, 0.1) is 10.1 Å². The van der Waals surface area contributed by atoms with Crippen molar-refractivity contribution >= 4 is 35.2 Å². The number of aromatic carboxylic acids is 1. The van der Waals surface area contributed by atoms with Crippen molar-refractivity contribution in [2.45, 2.75) is 0 Å². The fraction of sp³-hybridized carbons (Fsp3) is 0.125. The molecule has 2 N–H and O–H groups in total. The summed E-state index contributed by atoms with van der Waals surface area (Å²) in [6, 6.07) is 6.67. The van der Waals surface area contributed by atoms with Gasteiger partial charge in [0.05, 0.1) is 53.3 Å². The van der Waals surface area contributed by atoms with Crippen molar-refractivity contribution in [3.8, 4) is 11.5 Å². The highest BCUT2D eigenvalue weighted by Crippen LogP contribution is 2.33. The van der Waals surface area contributed by atoms with E-state index in [1.165, 1.54) is 50.8 Å². The van der Waals surface area contributed by atoms with Crippen LogP contribution in [0.25, 0.3) is 0 Å². The molecular formula is C16H14ClN3O6. The van der Waals surface area contributed by atoms with E-state index in [1.54, 1.807) is 0 Å². The predicted molar refractivity (Wildman–Crippen MR) is 95.8 cm³/mol. The van der Waals surface area contributed by atoms with Crippen molar-refractivity contribution in [3.63, 3.8) is 0 Å². The summed E-state index contributed by atoms with van der Waals surface area (Å²) in [5, 5.41) is 24.4. The molecule has 0 radical (unpaired) electrons. The second kappa shape index (κ2) is 8.17. The second-order valence-electron chi connectivity index (χ2n) is 4.89. The van der Waals surface area contributed by atoms with E-state index in [2.05, 4.69) is 10.5 Å². The first-order chi connectivity index (χ1) is 12.4. The summed E-state index contributed by atoms with van der Waals surface area (Å²) in [5.74, 6) is -0.615. The van der Waals surface area contributed by atoms with E-state index >= 15 is 0 Å². The molecule has 0 aliphatic carbocycles. The molecule has 0 unspecified atom stereocenters. The lowest BCUT2D eigenvalue weighted by Crippen LogP contribution is -2.01. The van der Waals surface area contributed by atoms with Gasteiger partial charge in [-0.05, 0) is 24.3 Å². The molecule has 0 aromatic heterocycles. The van der Waals surface area contributed by atoms with Crippen molar-refractivity contribution in [3.05, 3.63) is 56.6 Å². The van der Waals surface area contributed by atoms with Gasteiger partial charge in [-0.25, -0.2) is 4.79 Å². The van der Waals surface area contributed by atoms with Crippen LogP contribution in [-0.2, 0) is 0 Å². The van der Waals surface area contributed by atoms with E-state index in [1.807, 2.05) is 0 Å². The zero-order chi connectivity index (χ0) is 19.3. The average molecular weight is 380 g/mol. The molecule has 0 spiro atoms. The number of nitro groups is 1. The number of carbonyl (C=O) groups is 1. The average Bonchev–Trinajstić information content (AvgIpc) is 2.62. The normalized spacial score (nSPS) is 10.6. The Morgan fingerprint density at radius 1 is 1.27 bits per heavy atom. The molecule has 0 bridgehead atoms. The van der Waals surface area contributed by atoms with Crippen LogP contribution in [0.3, 0.4) is 0 Å². The zero-order valence-electron chi connectivity index (χ0n) is 13.7. The first-order valence-electron chi connectivity index (χ1n) is 7.09. The van der Waals surface area contributed by atoms with Gasteiger partial charge in [-0.15, -0.1) is 0 Å². The fourth-order valence-electron chi connectivity index (χ4n) is 2.06. The number of hydrazone groups is 1. The number of rotatable bonds is 7. The van der Waals surface area contributed by atoms with Gasteiger partial charge in [0.1, 0.15) is 0 Å². The molecule has 0 saturated carbocycles. The topological polar surface area (TPSA) is 123 Å². The maximum absolute atomic E-state index is 11.2.